The molecular formula is C11H5F2N3S. The Morgan fingerprint density at radius 1 is 1.18 bits per heavy atom. The van der Waals surface area contributed by atoms with Crippen molar-refractivity contribution in [3.63, 3.8) is 0 Å². The molecule has 0 saturated carbocycles. The summed E-state index contributed by atoms with van der Waals surface area (Å²) in [7, 11) is 0. The third-order valence-electron chi connectivity index (χ3n) is 1.87. The minimum atomic E-state index is -0.780. The van der Waals surface area contributed by atoms with Crippen LogP contribution in [0.3, 0.4) is 0 Å². The van der Waals surface area contributed by atoms with Gasteiger partial charge in [-0.3, -0.25) is 4.98 Å². The van der Waals surface area contributed by atoms with E-state index in [0.717, 1.165) is 23.9 Å². The van der Waals surface area contributed by atoms with E-state index >= 15 is 0 Å². The van der Waals surface area contributed by atoms with Gasteiger partial charge in [-0.1, -0.05) is 11.8 Å². The van der Waals surface area contributed by atoms with E-state index < -0.39 is 11.6 Å². The molecule has 1 heterocycles. The number of hydrogen-bond donors (Lipinski definition) is 0. The smallest absolute Gasteiger partial charge is 0.141 e. The zero-order valence-corrected chi connectivity index (χ0v) is 9.21. The van der Waals surface area contributed by atoms with Crippen LogP contribution in [0.15, 0.2) is 40.6 Å². The van der Waals surface area contributed by atoms with Crippen LogP contribution >= 0.6 is 11.8 Å². The number of nitriles is 1. The largest absolute Gasteiger partial charge is 0.260 e. The molecule has 0 aliphatic heterocycles. The highest BCUT2D eigenvalue weighted by Crippen LogP contribution is 2.30. The summed E-state index contributed by atoms with van der Waals surface area (Å²) >= 11 is 0.827. The van der Waals surface area contributed by atoms with Gasteiger partial charge in [0.2, 0.25) is 0 Å². The zero-order valence-electron chi connectivity index (χ0n) is 8.39. The lowest BCUT2D eigenvalue weighted by atomic mass is 10.2. The van der Waals surface area contributed by atoms with Gasteiger partial charge in [0.25, 0.3) is 0 Å². The molecule has 0 atom stereocenters. The van der Waals surface area contributed by atoms with E-state index in [0.29, 0.717) is 5.03 Å². The maximum atomic E-state index is 13.5. The molecule has 3 nitrogen and oxygen atoms in total. The van der Waals surface area contributed by atoms with E-state index in [9.17, 15) is 8.78 Å². The molecule has 2 aromatic rings. The third kappa shape index (κ3) is 2.57. The Bertz CT molecular complexity index is 558. The van der Waals surface area contributed by atoms with E-state index in [1.165, 1.54) is 18.6 Å². The monoisotopic (exact) mass is 249 g/mol. The van der Waals surface area contributed by atoms with Crippen molar-refractivity contribution in [3.05, 3.63) is 47.9 Å². The normalized spacial score (nSPS) is 9.94. The van der Waals surface area contributed by atoms with Crippen LogP contribution in [-0.4, -0.2) is 9.97 Å². The van der Waals surface area contributed by atoms with Gasteiger partial charge in [-0.2, -0.15) is 5.26 Å². The molecule has 2 rings (SSSR count). The van der Waals surface area contributed by atoms with Gasteiger partial charge in [-0.25, -0.2) is 13.8 Å². The molecule has 1 aromatic carbocycles. The van der Waals surface area contributed by atoms with E-state index in [1.54, 1.807) is 6.07 Å². The molecule has 0 spiro atoms. The van der Waals surface area contributed by atoms with E-state index in [2.05, 4.69) is 9.97 Å². The minimum Gasteiger partial charge on any atom is -0.260 e. The first-order chi connectivity index (χ1) is 8.20. The third-order valence-corrected chi connectivity index (χ3v) is 2.89. The second-order valence-electron chi connectivity index (χ2n) is 3.03. The van der Waals surface area contributed by atoms with Crippen LogP contribution in [0, 0.1) is 23.0 Å². The van der Waals surface area contributed by atoms with Gasteiger partial charge >= 0.3 is 0 Å². The van der Waals surface area contributed by atoms with Crippen LogP contribution in [-0.2, 0) is 0 Å². The van der Waals surface area contributed by atoms with Crippen molar-refractivity contribution in [2.75, 3.05) is 0 Å². The molecule has 0 aliphatic carbocycles. The molecular weight excluding hydrogens is 244 g/mol. The van der Waals surface area contributed by atoms with E-state index in [1.807, 2.05) is 0 Å². The summed E-state index contributed by atoms with van der Waals surface area (Å²) in [5.74, 6) is -1.56. The highest BCUT2D eigenvalue weighted by Gasteiger charge is 2.13. The Labute approximate surface area is 100 Å². The summed E-state index contributed by atoms with van der Waals surface area (Å²) in [4.78, 5) is 7.50. The summed E-state index contributed by atoms with van der Waals surface area (Å²) in [6.45, 7) is 0. The fraction of sp³-hybridized carbons (Fsp3) is 0. The average molecular weight is 249 g/mol. The molecule has 0 unspecified atom stereocenters. The number of rotatable bonds is 2. The maximum Gasteiger partial charge on any atom is 0.141 e. The van der Waals surface area contributed by atoms with Gasteiger partial charge in [0.1, 0.15) is 16.7 Å². The average Bonchev–Trinajstić information content (AvgIpc) is 2.35. The van der Waals surface area contributed by atoms with Crippen molar-refractivity contribution in [3.8, 4) is 6.07 Å². The molecule has 0 fully saturated rings. The predicted molar refractivity (Wildman–Crippen MR) is 57.2 cm³/mol. The fourth-order valence-electron chi connectivity index (χ4n) is 1.16. The zero-order chi connectivity index (χ0) is 12.3. The lowest BCUT2D eigenvalue weighted by Crippen LogP contribution is -1.91. The molecule has 0 radical (unpaired) electrons. The first-order valence-corrected chi connectivity index (χ1v) is 5.35. The van der Waals surface area contributed by atoms with Gasteiger partial charge in [-0.15, -0.1) is 0 Å². The second kappa shape index (κ2) is 4.89. The van der Waals surface area contributed by atoms with Gasteiger partial charge in [0.15, 0.2) is 0 Å². The summed E-state index contributed by atoms with van der Waals surface area (Å²) in [5, 5.41) is 8.94. The molecule has 0 aliphatic rings. The summed E-state index contributed by atoms with van der Waals surface area (Å²) in [6, 6.07) is 3.66. The molecule has 0 bridgehead atoms. The number of aromatic nitrogens is 2. The van der Waals surface area contributed by atoms with Crippen molar-refractivity contribution < 1.29 is 8.78 Å². The molecule has 6 heteroatoms. The van der Waals surface area contributed by atoms with Crippen LogP contribution in [0.5, 0.6) is 0 Å². The Morgan fingerprint density at radius 3 is 2.41 bits per heavy atom. The van der Waals surface area contributed by atoms with Gasteiger partial charge in [-0.05, 0) is 12.1 Å². The quantitative estimate of drug-likeness (QED) is 0.821. The summed E-state index contributed by atoms with van der Waals surface area (Å²) in [6.07, 6.45) is 4.30. The molecule has 84 valence electrons. The topological polar surface area (TPSA) is 49.6 Å². The Balaban J connectivity index is 2.38. The Morgan fingerprint density at radius 2 is 1.88 bits per heavy atom. The fourth-order valence-corrected chi connectivity index (χ4v) is 1.91. The van der Waals surface area contributed by atoms with Crippen LogP contribution < -0.4 is 0 Å². The first-order valence-electron chi connectivity index (χ1n) is 4.53. The first kappa shape index (κ1) is 11.5. The number of hydrogen-bond acceptors (Lipinski definition) is 4. The highest BCUT2D eigenvalue weighted by molar-refractivity contribution is 7.99. The lowest BCUT2D eigenvalue weighted by Gasteiger charge is -2.03. The van der Waals surface area contributed by atoms with E-state index in [-0.39, 0.29) is 10.5 Å². The van der Waals surface area contributed by atoms with E-state index in [4.69, 9.17) is 5.26 Å². The molecule has 0 saturated heterocycles. The number of benzene rings is 1. The summed E-state index contributed by atoms with van der Waals surface area (Å²) < 4.78 is 27.0. The molecule has 0 amide bonds. The van der Waals surface area contributed by atoms with Crippen molar-refractivity contribution in [2.45, 2.75) is 9.92 Å². The molecule has 0 N–H and O–H groups in total. The lowest BCUT2D eigenvalue weighted by molar-refractivity contribution is 0.539. The molecule has 1 aromatic heterocycles. The molecule has 17 heavy (non-hydrogen) atoms. The van der Waals surface area contributed by atoms with Gasteiger partial charge in [0.05, 0.1) is 22.7 Å². The SMILES string of the molecule is N#Cc1cc(F)c(Sc2cnccn2)c(F)c1. The van der Waals surface area contributed by atoms with Crippen molar-refractivity contribution in [2.24, 2.45) is 0 Å². The van der Waals surface area contributed by atoms with Gasteiger partial charge in [0, 0.05) is 12.4 Å². The second-order valence-corrected chi connectivity index (χ2v) is 4.06. The van der Waals surface area contributed by atoms with Crippen molar-refractivity contribution >= 4 is 11.8 Å². The Kier molecular flexibility index (Phi) is 3.30. The van der Waals surface area contributed by atoms with Crippen LogP contribution in [0.1, 0.15) is 5.56 Å². The van der Waals surface area contributed by atoms with Gasteiger partial charge < -0.3 is 0 Å². The van der Waals surface area contributed by atoms with Crippen LogP contribution in [0.2, 0.25) is 0 Å². The van der Waals surface area contributed by atoms with Crippen LogP contribution in [0.25, 0.3) is 0 Å². The number of halogens is 2. The summed E-state index contributed by atoms with van der Waals surface area (Å²) in [5.41, 5.74) is -0.0523. The van der Waals surface area contributed by atoms with Crippen molar-refractivity contribution in [1.29, 1.82) is 5.26 Å². The number of nitrogens with zero attached hydrogens (tertiary/aromatic N) is 3. The maximum absolute atomic E-state index is 13.5. The standard InChI is InChI=1S/C11H5F2N3S/c12-8-3-7(5-14)4-9(13)11(8)17-10-6-15-1-2-16-10/h1-4,6H. The van der Waals surface area contributed by atoms with Crippen LogP contribution in [0.4, 0.5) is 8.78 Å². The Hall–Kier alpha value is -2.00. The predicted octanol–water partition coefficient (Wildman–Crippen LogP) is 2.78. The highest BCUT2D eigenvalue weighted by atomic mass is 32.2. The minimum absolute atomic E-state index is 0.0523. The van der Waals surface area contributed by atoms with Crippen molar-refractivity contribution in [1.82, 2.24) is 9.97 Å².